The summed E-state index contributed by atoms with van der Waals surface area (Å²) < 4.78 is 0. The molecule has 3 aromatic heterocycles. The van der Waals surface area contributed by atoms with E-state index in [2.05, 4.69) is 130 Å². The van der Waals surface area contributed by atoms with Crippen LogP contribution in [0.5, 0.6) is 0 Å². The first-order valence-electron chi connectivity index (χ1n) is 12.8. The zero-order valence-corrected chi connectivity index (χ0v) is 23.0. The number of hydrogen-bond acceptors (Lipinski definition) is 2. The Morgan fingerprint density at radius 1 is 0.611 bits per heavy atom. The summed E-state index contributed by atoms with van der Waals surface area (Å²) in [7, 11) is -1.91. The SMILES string of the molecule is CC(C)[Si](C#Cc1c2nc(cc3ccc(cc4ccc(cc5nc1C=C5)[nH]4)[nH]3)C=C2)(C(C)C)C(C)C. The Morgan fingerprint density at radius 2 is 1.03 bits per heavy atom. The highest BCUT2D eigenvalue weighted by Crippen LogP contribution is 2.41. The summed E-state index contributed by atoms with van der Waals surface area (Å²) in [5, 5.41) is 0. The molecule has 0 aromatic carbocycles. The first kappa shape index (κ1) is 24.1. The predicted octanol–water partition coefficient (Wildman–Crippen LogP) is 8.23. The van der Waals surface area contributed by atoms with Gasteiger partial charge in [0.05, 0.1) is 28.3 Å². The van der Waals surface area contributed by atoms with Crippen LogP contribution in [0.15, 0.2) is 42.5 Å². The third-order valence-electron chi connectivity index (χ3n) is 7.49. The number of H-pyrrole nitrogens is 2. The molecular formula is C31H34N4Si. The molecule has 0 atom stereocenters. The van der Waals surface area contributed by atoms with Crippen LogP contribution in [-0.2, 0) is 0 Å². The molecule has 36 heavy (non-hydrogen) atoms. The maximum Gasteiger partial charge on any atom is 0.146 e. The molecule has 2 aliphatic rings. The smallest absolute Gasteiger partial charge is 0.146 e. The van der Waals surface area contributed by atoms with E-state index in [1.165, 1.54) is 0 Å². The molecule has 2 aliphatic heterocycles. The van der Waals surface area contributed by atoms with Gasteiger partial charge in [-0.1, -0.05) is 47.5 Å². The Labute approximate surface area is 214 Å². The Morgan fingerprint density at radius 3 is 1.44 bits per heavy atom. The van der Waals surface area contributed by atoms with Gasteiger partial charge in [0.1, 0.15) is 8.07 Å². The van der Waals surface area contributed by atoms with Gasteiger partial charge in [0.2, 0.25) is 0 Å². The summed E-state index contributed by atoms with van der Waals surface area (Å²) in [6.07, 6.45) is 8.26. The Balaban J connectivity index is 1.81. The molecule has 0 radical (unpaired) electrons. The van der Waals surface area contributed by atoms with Gasteiger partial charge in [-0.05, 0) is 83.4 Å². The number of aromatic nitrogens is 4. The van der Waals surface area contributed by atoms with Crippen molar-refractivity contribution in [3.8, 4) is 11.5 Å². The van der Waals surface area contributed by atoms with Crippen LogP contribution in [0.25, 0.3) is 46.4 Å². The van der Waals surface area contributed by atoms with E-state index in [0.717, 1.165) is 50.4 Å². The molecule has 5 heterocycles. The zero-order valence-electron chi connectivity index (χ0n) is 22.0. The van der Waals surface area contributed by atoms with E-state index in [-0.39, 0.29) is 0 Å². The minimum Gasteiger partial charge on any atom is -0.355 e. The van der Waals surface area contributed by atoms with Gasteiger partial charge in [0, 0.05) is 22.1 Å². The fraction of sp³-hybridized carbons (Fsp3) is 0.290. The lowest BCUT2D eigenvalue weighted by Crippen LogP contribution is -2.43. The van der Waals surface area contributed by atoms with E-state index in [9.17, 15) is 0 Å². The third kappa shape index (κ3) is 4.49. The molecule has 182 valence electrons. The maximum atomic E-state index is 4.97. The number of aromatic amines is 2. The first-order chi connectivity index (χ1) is 17.2. The highest BCUT2D eigenvalue weighted by atomic mass is 28.3. The maximum absolute atomic E-state index is 4.97. The van der Waals surface area contributed by atoms with Gasteiger partial charge in [-0.25, -0.2) is 9.97 Å². The van der Waals surface area contributed by atoms with Crippen molar-refractivity contribution >= 4 is 54.4 Å². The molecule has 0 saturated carbocycles. The molecule has 2 N–H and O–H groups in total. The molecule has 4 nitrogen and oxygen atoms in total. The number of nitrogens with zero attached hydrogens (tertiary/aromatic N) is 2. The second-order valence-corrected chi connectivity index (χ2v) is 16.3. The van der Waals surface area contributed by atoms with Crippen LogP contribution in [-0.4, -0.2) is 28.0 Å². The number of hydrogen-bond donors (Lipinski definition) is 2. The number of nitrogens with one attached hydrogen (secondary N) is 2. The summed E-state index contributed by atoms with van der Waals surface area (Å²) in [5.74, 6) is 3.65. The molecule has 0 saturated heterocycles. The fourth-order valence-electron chi connectivity index (χ4n) is 5.74. The molecule has 8 bridgehead atoms. The summed E-state index contributed by atoms with van der Waals surface area (Å²) in [4.78, 5) is 16.9. The molecule has 0 fully saturated rings. The molecule has 0 amide bonds. The number of fused-ring (bicyclic) bond motifs is 8. The van der Waals surface area contributed by atoms with Crippen LogP contribution < -0.4 is 0 Å². The zero-order chi connectivity index (χ0) is 25.4. The minimum atomic E-state index is -1.91. The van der Waals surface area contributed by atoms with Gasteiger partial charge >= 0.3 is 0 Å². The molecule has 0 spiro atoms. The van der Waals surface area contributed by atoms with Gasteiger partial charge in [-0.2, -0.15) is 0 Å². The fourth-order valence-corrected chi connectivity index (χ4v) is 10.9. The van der Waals surface area contributed by atoms with Crippen molar-refractivity contribution in [3.05, 3.63) is 70.8 Å². The first-order valence-corrected chi connectivity index (χ1v) is 15.1. The van der Waals surface area contributed by atoms with Crippen molar-refractivity contribution in [1.29, 1.82) is 0 Å². The average molecular weight is 491 g/mol. The van der Waals surface area contributed by atoms with E-state index in [1.54, 1.807) is 0 Å². The highest BCUT2D eigenvalue weighted by Gasteiger charge is 2.41. The molecule has 3 aromatic rings. The largest absolute Gasteiger partial charge is 0.355 e. The Kier molecular flexibility index (Phi) is 6.32. The van der Waals surface area contributed by atoms with Gasteiger partial charge in [-0.15, -0.1) is 5.54 Å². The van der Waals surface area contributed by atoms with Crippen LogP contribution in [0.1, 0.15) is 69.9 Å². The van der Waals surface area contributed by atoms with Crippen LogP contribution >= 0.6 is 0 Å². The second kappa shape index (κ2) is 9.44. The van der Waals surface area contributed by atoms with Crippen molar-refractivity contribution < 1.29 is 0 Å². The van der Waals surface area contributed by atoms with Crippen LogP contribution in [0.3, 0.4) is 0 Å². The van der Waals surface area contributed by atoms with Gasteiger partial charge in [0.15, 0.2) is 0 Å². The predicted molar refractivity (Wildman–Crippen MR) is 157 cm³/mol. The van der Waals surface area contributed by atoms with Gasteiger partial charge in [0.25, 0.3) is 0 Å². The topological polar surface area (TPSA) is 57.4 Å². The van der Waals surface area contributed by atoms with Gasteiger partial charge < -0.3 is 9.97 Å². The van der Waals surface area contributed by atoms with Crippen molar-refractivity contribution in [3.63, 3.8) is 0 Å². The third-order valence-corrected chi connectivity index (χ3v) is 13.8. The summed E-state index contributed by atoms with van der Waals surface area (Å²) >= 11 is 0. The molecule has 0 unspecified atom stereocenters. The molecule has 0 aliphatic carbocycles. The van der Waals surface area contributed by atoms with Crippen molar-refractivity contribution in [2.75, 3.05) is 0 Å². The van der Waals surface area contributed by atoms with E-state index in [0.29, 0.717) is 16.6 Å². The lowest BCUT2D eigenvalue weighted by Gasteiger charge is -2.38. The quantitative estimate of drug-likeness (QED) is 0.198. The van der Waals surface area contributed by atoms with E-state index in [4.69, 9.17) is 9.97 Å². The minimum absolute atomic E-state index is 0.561. The van der Waals surface area contributed by atoms with Crippen molar-refractivity contribution in [2.45, 2.75) is 58.2 Å². The van der Waals surface area contributed by atoms with Crippen LogP contribution in [0.4, 0.5) is 0 Å². The van der Waals surface area contributed by atoms with Crippen LogP contribution in [0.2, 0.25) is 16.6 Å². The van der Waals surface area contributed by atoms with E-state index in [1.807, 2.05) is 0 Å². The summed E-state index contributed by atoms with van der Waals surface area (Å²) in [6, 6.07) is 14.6. The normalized spacial score (nSPS) is 13.0. The van der Waals surface area contributed by atoms with E-state index < -0.39 is 8.07 Å². The standard InChI is InChI=1S/C31H34N4Si/c1-20(2)36(21(3)4,22(5)6)16-15-29-30-13-11-27(34-30)18-25-9-7-23(32-25)17-24-8-10-26(33-24)19-28-12-14-31(29)35-28/h7-14,17-22,32-33H,1-6H3. The summed E-state index contributed by atoms with van der Waals surface area (Å²) in [5.41, 5.74) is 14.2. The Bertz CT molecular complexity index is 1470. The summed E-state index contributed by atoms with van der Waals surface area (Å²) in [6.45, 7) is 14.1. The van der Waals surface area contributed by atoms with Crippen LogP contribution in [0, 0.1) is 11.5 Å². The molecule has 5 rings (SSSR count). The lowest BCUT2D eigenvalue weighted by atomic mass is 10.2. The number of rotatable bonds is 3. The highest BCUT2D eigenvalue weighted by molar-refractivity contribution is 6.90. The molecular weight excluding hydrogens is 456 g/mol. The monoisotopic (exact) mass is 490 g/mol. The Hall–Kier alpha value is -3.62. The average Bonchev–Trinajstić information content (AvgIpc) is 3.61. The molecule has 5 heteroatoms. The van der Waals surface area contributed by atoms with Gasteiger partial charge in [-0.3, -0.25) is 0 Å². The van der Waals surface area contributed by atoms with Crippen molar-refractivity contribution in [1.82, 2.24) is 19.9 Å². The van der Waals surface area contributed by atoms with E-state index >= 15 is 0 Å². The second-order valence-electron chi connectivity index (χ2n) is 10.7. The van der Waals surface area contributed by atoms with Crippen molar-refractivity contribution in [2.24, 2.45) is 0 Å². The lowest BCUT2D eigenvalue weighted by molar-refractivity contribution is 0.838.